The number of amides is 1. The number of benzene rings is 1. The fourth-order valence-electron chi connectivity index (χ4n) is 3.76. The maximum Gasteiger partial charge on any atom is 0.251 e. The molecule has 0 radical (unpaired) electrons. The maximum absolute atomic E-state index is 12.7. The normalized spacial score (nSPS) is 21.2. The summed E-state index contributed by atoms with van der Waals surface area (Å²) >= 11 is 6.28. The zero-order chi connectivity index (χ0) is 19.2. The molecule has 1 N–H and O–H groups in total. The number of ether oxygens (including phenoxy) is 3. The van der Waals surface area contributed by atoms with E-state index < -0.39 is 0 Å². The molecule has 2 aliphatic heterocycles. The Morgan fingerprint density at radius 2 is 2.11 bits per heavy atom. The second-order valence-electron chi connectivity index (χ2n) is 7.20. The second kappa shape index (κ2) is 9.62. The lowest BCUT2D eigenvalue weighted by Gasteiger charge is -2.33. The van der Waals surface area contributed by atoms with Gasteiger partial charge in [-0.3, -0.25) is 4.79 Å². The number of nitrogens with one attached hydrogen (secondary N) is 1. The topological polar surface area (TPSA) is 60.0 Å². The van der Waals surface area contributed by atoms with Crippen molar-refractivity contribution in [3.63, 3.8) is 0 Å². The fourth-order valence-corrected chi connectivity index (χ4v) is 4.02. The van der Waals surface area contributed by atoms with Crippen molar-refractivity contribution in [2.75, 3.05) is 46.6 Å². The minimum Gasteiger partial charge on any atom is -0.493 e. The van der Waals surface area contributed by atoms with E-state index in [1.165, 1.54) is 0 Å². The van der Waals surface area contributed by atoms with Crippen LogP contribution in [0.25, 0.3) is 0 Å². The lowest BCUT2D eigenvalue weighted by Crippen LogP contribution is -2.45. The molecule has 7 heteroatoms. The number of nitrogens with zero attached hydrogens (tertiary/aromatic N) is 1. The van der Waals surface area contributed by atoms with Gasteiger partial charge < -0.3 is 24.4 Å². The van der Waals surface area contributed by atoms with Crippen LogP contribution in [0.5, 0.6) is 11.5 Å². The van der Waals surface area contributed by atoms with Crippen molar-refractivity contribution >= 4 is 17.5 Å². The number of piperidine rings is 1. The standard InChI is InChI=1S/C20H29ClN2O4/c1-3-27-19-17(21)10-15(11-18(19)25-2)20(24)22-16-4-7-23(8-5-16)12-14-6-9-26-13-14/h10-11,14,16H,3-9,12-13H2,1-2H3,(H,22,24). The fraction of sp³-hybridized carbons (Fsp3) is 0.650. The van der Waals surface area contributed by atoms with E-state index in [1.54, 1.807) is 19.2 Å². The number of rotatable bonds is 7. The van der Waals surface area contributed by atoms with Crippen molar-refractivity contribution < 1.29 is 19.0 Å². The zero-order valence-electron chi connectivity index (χ0n) is 16.1. The van der Waals surface area contributed by atoms with Crippen LogP contribution in [0.4, 0.5) is 0 Å². The van der Waals surface area contributed by atoms with E-state index in [-0.39, 0.29) is 11.9 Å². The average molecular weight is 397 g/mol. The highest BCUT2D eigenvalue weighted by Gasteiger charge is 2.25. The van der Waals surface area contributed by atoms with Gasteiger partial charge in [0.05, 0.1) is 25.3 Å². The van der Waals surface area contributed by atoms with Gasteiger partial charge in [-0.2, -0.15) is 0 Å². The summed E-state index contributed by atoms with van der Waals surface area (Å²) in [6.45, 7) is 7.26. The summed E-state index contributed by atoms with van der Waals surface area (Å²) in [5.74, 6) is 1.49. The minimum absolute atomic E-state index is 0.124. The van der Waals surface area contributed by atoms with Crippen LogP contribution in [0.3, 0.4) is 0 Å². The summed E-state index contributed by atoms with van der Waals surface area (Å²) < 4.78 is 16.3. The molecule has 27 heavy (non-hydrogen) atoms. The highest BCUT2D eigenvalue weighted by atomic mass is 35.5. The monoisotopic (exact) mass is 396 g/mol. The Morgan fingerprint density at radius 3 is 2.74 bits per heavy atom. The SMILES string of the molecule is CCOc1c(Cl)cc(C(=O)NC2CCN(CC3CCOC3)CC2)cc1OC. The molecule has 0 bridgehead atoms. The van der Waals surface area contributed by atoms with Gasteiger partial charge in [0.2, 0.25) is 0 Å². The van der Waals surface area contributed by atoms with E-state index in [4.69, 9.17) is 25.8 Å². The highest BCUT2D eigenvalue weighted by Crippen LogP contribution is 2.36. The summed E-state index contributed by atoms with van der Waals surface area (Å²) in [7, 11) is 1.54. The Balaban J connectivity index is 1.54. The van der Waals surface area contributed by atoms with Crippen LogP contribution in [0.1, 0.15) is 36.5 Å². The molecule has 0 spiro atoms. The summed E-state index contributed by atoms with van der Waals surface area (Å²) in [6, 6.07) is 3.51. The zero-order valence-corrected chi connectivity index (χ0v) is 16.9. The summed E-state index contributed by atoms with van der Waals surface area (Å²) in [4.78, 5) is 15.2. The third kappa shape index (κ3) is 5.27. The second-order valence-corrected chi connectivity index (χ2v) is 7.61. The van der Waals surface area contributed by atoms with Gasteiger partial charge in [-0.1, -0.05) is 11.6 Å². The summed E-state index contributed by atoms with van der Waals surface area (Å²) in [5, 5.41) is 3.52. The third-order valence-corrected chi connectivity index (χ3v) is 5.52. The van der Waals surface area contributed by atoms with E-state index in [9.17, 15) is 4.79 Å². The molecule has 1 aromatic carbocycles. The van der Waals surface area contributed by atoms with E-state index in [1.807, 2.05) is 6.92 Å². The molecule has 2 aliphatic rings. The summed E-state index contributed by atoms with van der Waals surface area (Å²) in [6.07, 6.45) is 3.08. The molecule has 1 atom stereocenters. The molecule has 1 aromatic rings. The Labute approximate surface area is 166 Å². The Hall–Kier alpha value is -1.50. The van der Waals surface area contributed by atoms with Crippen molar-refractivity contribution in [2.45, 2.75) is 32.2 Å². The van der Waals surface area contributed by atoms with Crippen LogP contribution in [-0.4, -0.2) is 63.4 Å². The molecule has 0 aliphatic carbocycles. The molecule has 6 nitrogen and oxygen atoms in total. The van der Waals surface area contributed by atoms with Gasteiger partial charge in [0.15, 0.2) is 11.5 Å². The highest BCUT2D eigenvalue weighted by molar-refractivity contribution is 6.32. The smallest absolute Gasteiger partial charge is 0.251 e. The van der Waals surface area contributed by atoms with E-state index in [2.05, 4.69) is 10.2 Å². The molecule has 2 fully saturated rings. The van der Waals surface area contributed by atoms with Crippen molar-refractivity contribution in [1.29, 1.82) is 0 Å². The van der Waals surface area contributed by atoms with Gasteiger partial charge in [0.25, 0.3) is 5.91 Å². The van der Waals surface area contributed by atoms with Gasteiger partial charge in [0, 0.05) is 37.8 Å². The molecular formula is C20H29ClN2O4. The van der Waals surface area contributed by atoms with Gasteiger partial charge in [-0.15, -0.1) is 0 Å². The van der Waals surface area contributed by atoms with Crippen LogP contribution >= 0.6 is 11.6 Å². The van der Waals surface area contributed by atoms with Gasteiger partial charge >= 0.3 is 0 Å². The first-order chi connectivity index (χ1) is 13.1. The first-order valence-corrected chi connectivity index (χ1v) is 10.1. The van der Waals surface area contributed by atoms with Crippen LogP contribution in [0, 0.1) is 5.92 Å². The number of hydrogen-bond donors (Lipinski definition) is 1. The van der Waals surface area contributed by atoms with Crippen molar-refractivity contribution in [3.05, 3.63) is 22.7 Å². The van der Waals surface area contributed by atoms with E-state index in [0.29, 0.717) is 34.6 Å². The maximum atomic E-state index is 12.7. The molecule has 2 saturated heterocycles. The predicted octanol–water partition coefficient (Wildman–Crippen LogP) is 2.98. The third-order valence-electron chi connectivity index (χ3n) is 5.24. The van der Waals surface area contributed by atoms with Crippen molar-refractivity contribution in [2.24, 2.45) is 5.92 Å². The van der Waals surface area contributed by atoms with Crippen LogP contribution < -0.4 is 14.8 Å². The van der Waals surface area contributed by atoms with Crippen LogP contribution in [-0.2, 0) is 4.74 Å². The van der Waals surface area contributed by atoms with Gasteiger partial charge in [-0.05, 0) is 44.2 Å². The number of methoxy groups -OCH3 is 1. The number of carbonyl (C=O) groups excluding carboxylic acids is 1. The van der Waals surface area contributed by atoms with Gasteiger partial charge in [0.1, 0.15) is 0 Å². The molecule has 0 saturated carbocycles. The lowest BCUT2D eigenvalue weighted by molar-refractivity contribution is 0.0903. The quantitative estimate of drug-likeness (QED) is 0.767. The van der Waals surface area contributed by atoms with Crippen LogP contribution in [0.2, 0.25) is 5.02 Å². The molecule has 1 amide bonds. The van der Waals surface area contributed by atoms with Crippen LogP contribution in [0.15, 0.2) is 12.1 Å². The average Bonchev–Trinajstić information content (AvgIpc) is 3.18. The predicted molar refractivity (Wildman–Crippen MR) is 105 cm³/mol. The van der Waals surface area contributed by atoms with Crippen molar-refractivity contribution in [1.82, 2.24) is 10.2 Å². The first-order valence-electron chi connectivity index (χ1n) is 9.72. The Bertz CT molecular complexity index is 641. The van der Waals surface area contributed by atoms with Crippen molar-refractivity contribution in [3.8, 4) is 11.5 Å². The number of halogens is 1. The first kappa shape index (κ1) is 20.2. The molecule has 2 heterocycles. The minimum atomic E-state index is -0.124. The number of carbonyl (C=O) groups is 1. The van der Waals surface area contributed by atoms with E-state index >= 15 is 0 Å². The molecule has 0 aromatic heterocycles. The Kier molecular flexibility index (Phi) is 7.21. The molecule has 1 unspecified atom stereocenters. The molecule has 150 valence electrons. The number of likely N-dealkylation sites (tertiary alicyclic amines) is 1. The van der Waals surface area contributed by atoms with Gasteiger partial charge in [-0.25, -0.2) is 0 Å². The summed E-state index contributed by atoms with van der Waals surface area (Å²) in [5.41, 5.74) is 0.492. The molecular weight excluding hydrogens is 368 g/mol. The molecule has 3 rings (SSSR count). The largest absolute Gasteiger partial charge is 0.493 e. The lowest BCUT2D eigenvalue weighted by atomic mass is 10.0. The van der Waals surface area contributed by atoms with E-state index in [0.717, 1.165) is 52.1 Å². The number of hydrogen-bond acceptors (Lipinski definition) is 5. The Morgan fingerprint density at radius 1 is 1.33 bits per heavy atom.